The Bertz CT molecular complexity index is 627. The highest BCUT2D eigenvalue weighted by molar-refractivity contribution is 5.92. The molecule has 3 nitrogen and oxygen atoms in total. The van der Waals surface area contributed by atoms with E-state index >= 15 is 0 Å². The Hall–Kier alpha value is -1.09. The van der Waals surface area contributed by atoms with E-state index < -0.39 is 12.2 Å². The van der Waals surface area contributed by atoms with Crippen LogP contribution in [0.4, 0.5) is 0 Å². The van der Waals surface area contributed by atoms with Gasteiger partial charge < -0.3 is 9.84 Å². The van der Waals surface area contributed by atoms with E-state index in [0.29, 0.717) is 16.9 Å². The zero-order valence-electron chi connectivity index (χ0n) is 14.7. The maximum atomic E-state index is 11.9. The lowest BCUT2D eigenvalue weighted by Crippen LogP contribution is -2.56. The predicted molar refractivity (Wildman–Crippen MR) is 88.6 cm³/mol. The Labute approximate surface area is 138 Å². The van der Waals surface area contributed by atoms with Gasteiger partial charge in [0.05, 0.1) is 0 Å². The molecule has 2 saturated carbocycles. The number of hydrogen-bond donors (Lipinski definition) is 1. The van der Waals surface area contributed by atoms with Crippen molar-refractivity contribution in [3.8, 4) is 0 Å². The van der Waals surface area contributed by atoms with Crippen LogP contribution >= 0.6 is 0 Å². The molecule has 0 radical (unpaired) electrons. The first-order valence-corrected chi connectivity index (χ1v) is 9.06. The Kier molecular flexibility index (Phi) is 3.17. The Morgan fingerprint density at radius 1 is 1.26 bits per heavy atom. The number of aliphatic hydroxyl groups excluding tert-OH is 1. The van der Waals surface area contributed by atoms with Crippen molar-refractivity contribution in [1.29, 1.82) is 0 Å². The highest BCUT2D eigenvalue weighted by Gasteiger charge is 2.58. The number of hydrogen-bond acceptors (Lipinski definition) is 3. The number of carbonyl (C=O) groups is 1. The molecule has 1 aliphatic heterocycles. The van der Waals surface area contributed by atoms with Crippen LogP contribution in [-0.4, -0.2) is 23.3 Å². The number of aliphatic hydroxyl groups is 1. The second-order valence-corrected chi connectivity index (χ2v) is 9.03. The summed E-state index contributed by atoms with van der Waals surface area (Å²) in [4.78, 5) is 11.9. The zero-order valence-corrected chi connectivity index (χ0v) is 14.7. The monoisotopic (exact) mass is 316 g/mol. The minimum absolute atomic E-state index is 0.111. The van der Waals surface area contributed by atoms with E-state index in [4.69, 9.17) is 4.74 Å². The Morgan fingerprint density at radius 2 is 2.00 bits per heavy atom. The van der Waals surface area contributed by atoms with Crippen LogP contribution in [0.1, 0.15) is 59.8 Å². The highest BCUT2D eigenvalue weighted by atomic mass is 16.6. The van der Waals surface area contributed by atoms with E-state index in [0.717, 1.165) is 12.0 Å². The third-order valence-corrected chi connectivity index (χ3v) is 7.38. The maximum absolute atomic E-state index is 11.9. The van der Waals surface area contributed by atoms with E-state index in [1.165, 1.54) is 31.3 Å². The number of rotatable bonds is 0. The molecule has 1 N–H and O–H groups in total. The van der Waals surface area contributed by atoms with Crippen molar-refractivity contribution in [1.82, 2.24) is 0 Å². The number of fused-ring (bicyclic) bond motifs is 4. The predicted octanol–water partition coefficient (Wildman–Crippen LogP) is 3.77. The average molecular weight is 316 g/mol. The van der Waals surface area contributed by atoms with Crippen molar-refractivity contribution >= 4 is 5.97 Å². The second-order valence-electron chi connectivity index (χ2n) is 9.03. The van der Waals surface area contributed by atoms with Gasteiger partial charge in [-0.3, -0.25) is 0 Å². The normalized spacial score (nSPS) is 44.9. The summed E-state index contributed by atoms with van der Waals surface area (Å²) >= 11 is 0. The molecule has 0 amide bonds. The SMILES string of the molecule is CC1=C2C=C3CC[C@H]4C(C)(C)CCC[C@@]4(C)[C@@H]3[C@@H](O)[C@H]2OC1=O. The molecule has 0 aromatic carbocycles. The average Bonchev–Trinajstić information content (AvgIpc) is 2.74. The molecular formula is C20H28O3. The molecule has 0 bridgehead atoms. The maximum Gasteiger partial charge on any atom is 0.334 e. The molecule has 3 heteroatoms. The van der Waals surface area contributed by atoms with Crippen LogP contribution in [0.15, 0.2) is 22.8 Å². The van der Waals surface area contributed by atoms with Crippen molar-refractivity contribution in [3.05, 3.63) is 22.8 Å². The molecule has 0 aromatic rings. The number of carbonyl (C=O) groups excluding carboxylic acids is 1. The smallest absolute Gasteiger partial charge is 0.334 e. The van der Waals surface area contributed by atoms with Crippen LogP contribution in [0, 0.1) is 22.7 Å². The van der Waals surface area contributed by atoms with Crippen LogP contribution in [0.5, 0.6) is 0 Å². The largest absolute Gasteiger partial charge is 0.451 e. The molecule has 3 aliphatic carbocycles. The molecule has 126 valence electrons. The minimum Gasteiger partial charge on any atom is -0.451 e. The van der Waals surface area contributed by atoms with Gasteiger partial charge >= 0.3 is 5.97 Å². The summed E-state index contributed by atoms with van der Waals surface area (Å²) in [6, 6.07) is 0. The fraction of sp³-hybridized carbons (Fsp3) is 0.750. The fourth-order valence-electron chi connectivity index (χ4n) is 6.34. The van der Waals surface area contributed by atoms with Crippen LogP contribution in [0.25, 0.3) is 0 Å². The molecule has 4 rings (SSSR count). The molecule has 0 spiro atoms. The molecular weight excluding hydrogens is 288 g/mol. The van der Waals surface area contributed by atoms with Gasteiger partial charge in [0.1, 0.15) is 6.10 Å². The minimum atomic E-state index is -0.590. The third-order valence-electron chi connectivity index (χ3n) is 7.38. The van der Waals surface area contributed by atoms with Gasteiger partial charge in [0.15, 0.2) is 6.10 Å². The van der Waals surface area contributed by atoms with Gasteiger partial charge in [0.2, 0.25) is 0 Å². The van der Waals surface area contributed by atoms with E-state index in [2.05, 4.69) is 26.8 Å². The fourth-order valence-corrected chi connectivity index (χ4v) is 6.34. The lowest BCUT2D eigenvalue weighted by Gasteiger charge is -2.60. The Balaban J connectivity index is 1.79. The zero-order chi connectivity index (χ0) is 16.6. The van der Waals surface area contributed by atoms with Crippen molar-refractivity contribution in [2.24, 2.45) is 22.7 Å². The summed E-state index contributed by atoms with van der Waals surface area (Å²) in [7, 11) is 0. The van der Waals surface area contributed by atoms with Crippen molar-refractivity contribution in [2.75, 3.05) is 0 Å². The molecule has 0 aromatic heterocycles. The summed E-state index contributed by atoms with van der Waals surface area (Å²) < 4.78 is 5.51. The van der Waals surface area contributed by atoms with Crippen LogP contribution < -0.4 is 0 Å². The van der Waals surface area contributed by atoms with E-state index in [1.54, 1.807) is 0 Å². The third kappa shape index (κ3) is 1.95. The van der Waals surface area contributed by atoms with Gasteiger partial charge in [0.25, 0.3) is 0 Å². The van der Waals surface area contributed by atoms with Crippen LogP contribution in [-0.2, 0) is 9.53 Å². The van der Waals surface area contributed by atoms with Gasteiger partial charge in [-0.1, -0.05) is 38.8 Å². The molecule has 5 atom stereocenters. The van der Waals surface area contributed by atoms with Crippen molar-refractivity contribution in [3.63, 3.8) is 0 Å². The van der Waals surface area contributed by atoms with Gasteiger partial charge in [-0.15, -0.1) is 0 Å². The lowest BCUT2D eigenvalue weighted by atomic mass is 9.45. The quantitative estimate of drug-likeness (QED) is 0.692. The summed E-state index contributed by atoms with van der Waals surface area (Å²) in [5.74, 6) is 0.503. The molecule has 2 fully saturated rings. The van der Waals surface area contributed by atoms with Gasteiger partial charge in [-0.05, 0) is 49.4 Å². The summed E-state index contributed by atoms with van der Waals surface area (Å²) in [5, 5.41) is 11.1. The molecule has 23 heavy (non-hydrogen) atoms. The standard InChI is InChI=1S/C20H28O3/c1-11-13-10-12-6-7-14-19(2,3)8-5-9-20(14,4)15(12)16(21)17(13)23-18(11)22/h10,14-17,21H,5-9H2,1-4H3/t14-,15-,16+,17-,20+/m0/s1. The molecule has 0 saturated heterocycles. The number of esters is 1. The lowest BCUT2D eigenvalue weighted by molar-refractivity contribution is -0.152. The van der Waals surface area contributed by atoms with Crippen LogP contribution in [0.3, 0.4) is 0 Å². The summed E-state index contributed by atoms with van der Waals surface area (Å²) in [6.45, 7) is 8.98. The first-order chi connectivity index (χ1) is 10.8. The summed E-state index contributed by atoms with van der Waals surface area (Å²) in [5.41, 5.74) is 3.39. The first kappa shape index (κ1) is 15.4. The van der Waals surface area contributed by atoms with E-state index in [-0.39, 0.29) is 17.3 Å². The van der Waals surface area contributed by atoms with Crippen molar-refractivity contribution in [2.45, 2.75) is 72.0 Å². The van der Waals surface area contributed by atoms with Crippen molar-refractivity contribution < 1.29 is 14.6 Å². The van der Waals surface area contributed by atoms with E-state index in [9.17, 15) is 9.90 Å². The Morgan fingerprint density at radius 3 is 2.74 bits per heavy atom. The van der Waals surface area contributed by atoms with E-state index in [1.807, 2.05) is 6.92 Å². The first-order valence-electron chi connectivity index (χ1n) is 9.06. The summed E-state index contributed by atoms with van der Waals surface area (Å²) in [6.07, 6.45) is 7.06. The van der Waals surface area contributed by atoms with Gasteiger partial charge in [-0.25, -0.2) is 4.79 Å². The molecule has 0 unspecified atom stereocenters. The van der Waals surface area contributed by atoms with Gasteiger partial charge in [-0.2, -0.15) is 0 Å². The van der Waals surface area contributed by atoms with Crippen LogP contribution in [0.2, 0.25) is 0 Å². The molecule has 4 aliphatic rings. The second kappa shape index (κ2) is 4.72. The topological polar surface area (TPSA) is 46.5 Å². The number of ether oxygens (including phenoxy) is 1. The van der Waals surface area contributed by atoms with Gasteiger partial charge in [0, 0.05) is 17.1 Å². The molecule has 1 heterocycles. The highest BCUT2D eigenvalue weighted by Crippen LogP contribution is 2.63.